The van der Waals surface area contributed by atoms with Gasteiger partial charge in [-0.25, -0.2) is 4.79 Å². The number of rotatable bonds is 4. The minimum atomic E-state index is -1.20. The number of furan rings is 2. The topological polar surface area (TPSA) is 182 Å². The lowest BCUT2D eigenvalue weighted by molar-refractivity contribution is -0.384. The SMILES string of the molecule is C1CSCCN1.O=C(O)c1cc2cc([N+](=O)[O-])ccc2o1.O=C(c1cc2cc([N+](=O)[O-])ccc2o1)N1CCSCC1.[2H]CF. The van der Waals surface area contributed by atoms with E-state index in [1.165, 1.54) is 67.1 Å². The first-order chi connectivity index (χ1) is 21.1. The molecule has 2 aliphatic heterocycles. The van der Waals surface area contributed by atoms with E-state index in [9.17, 15) is 34.2 Å². The van der Waals surface area contributed by atoms with Crippen molar-refractivity contribution in [3.8, 4) is 0 Å². The monoisotopic (exact) mass is 637 g/mol. The largest absolute Gasteiger partial charge is 0.475 e. The first kappa shape index (κ1) is 31.8. The van der Waals surface area contributed by atoms with Gasteiger partial charge in [-0.05, 0) is 24.3 Å². The van der Waals surface area contributed by atoms with Gasteiger partial charge in [0.15, 0.2) is 5.76 Å². The molecule has 0 saturated carbocycles. The van der Waals surface area contributed by atoms with E-state index in [2.05, 4.69) is 5.32 Å². The number of carboxylic acid groups (broad SMARTS) is 1. The molecule has 1 amide bonds. The number of amides is 1. The number of alkyl halides is 1. The van der Waals surface area contributed by atoms with Crippen molar-refractivity contribution < 1.29 is 39.1 Å². The van der Waals surface area contributed by atoms with Gasteiger partial charge in [0, 0.05) is 84.2 Å². The second-order valence-electron chi connectivity index (χ2n) is 8.75. The molecule has 2 aromatic heterocycles. The van der Waals surface area contributed by atoms with E-state index in [1.54, 1.807) is 11.0 Å². The molecule has 0 spiro atoms. The number of carbonyl (C=O) groups is 2. The average Bonchev–Trinajstić information content (AvgIpc) is 3.67. The Kier molecular flexibility index (Phi) is 12.2. The van der Waals surface area contributed by atoms with Gasteiger partial charge in [-0.3, -0.25) is 29.4 Å². The summed E-state index contributed by atoms with van der Waals surface area (Å²) in [6, 6.07) is 11.1. The number of hydrogen-bond acceptors (Lipinski definition) is 11. The minimum Gasteiger partial charge on any atom is -0.475 e. The van der Waals surface area contributed by atoms with Crippen LogP contribution in [-0.4, -0.2) is 88.1 Å². The van der Waals surface area contributed by atoms with E-state index in [0.717, 1.165) is 11.5 Å². The Morgan fingerprint density at radius 1 is 0.884 bits per heavy atom. The molecule has 2 N–H and O–H groups in total. The number of benzene rings is 2. The first-order valence-electron chi connectivity index (χ1n) is 13.4. The Bertz CT molecular complexity index is 1570. The molecule has 2 saturated heterocycles. The third-order valence-electron chi connectivity index (χ3n) is 5.99. The van der Waals surface area contributed by atoms with Gasteiger partial charge in [0.1, 0.15) is 11.2 Å². The Balaban J connectivity index is 0.000000193. The zero-order valence-corrected chi connectivity index (χ0v) is 24.4. The van der Waals surface area contributed by atoms with Gasteiger partial charge in [0.2, 0.25) is 5.76 Å². The lowest BCUT2D eigenvalue weighted by Gasteiger charge is -2.25. The number of nitrogens with zero attached hydrogens (tertiary/aromatic N) is 3. The van der Waals surface area contributed by atoms with E-state index in [1.807, 2.05) is 23.5 Å². The maximum Gasteiger partial charge on any atom is 0.371 e. The fraction of sp³-hybridized carbons (Fsp3) is 0.333. The first-order valence-corrected chi connectivity index (χ1v) is 15.1. The number of nitro benzene ring substituents is 2. The number of aromatic carboxylic acids is 1. The summed E-state index contributed by atoms with van der Waals surface area (Å²) in [5.41, 5.74) is 0.704. The van der Waals surface area contributed by atoms with Crippen molar-refractivity contribution in [1.29, 1.82) is 0 Å². The van der Waals surface area contributed by atoms with E-state index in [-0.39, 0.29) is 28.8 Å². The summed E-state index contributed by atoms with van der Waals surface area (Å²) in [5.74, 6) is 3.13. The summed E-state index contributed by atoms with van der Waals surface area (Å²) >= 11 is 3.85. The van der Waals surface area contributed by atoms with Gasteiger partial charge in [-0.2, -0.15) is 23.5 Å². The Morgan fingerprint density at radius 2 is 1.35 bits per heavy atom. The predicted octanol–water partition coefficient (Wildman–Crippen LogP) is 5.48. The van der Waals surface area contributed by atoms with Gasteiger partial charge in [0.25, 0.3) is 17.3 Å². The maximum absolute atomic E-state index is 12.3. The van der Waals surface area contributed by atoms with Crippen molar-refractivity contribution in [2.24, 2.45) is 0 Å². The zero-order chi connectivity index (χ0) is 32.1. The number of carbonyl (C=O) groups excluding carboxylic acids is 1. The van der Waals surface area contributed by atoms with Crippen LogP contribution < -0.4 is 5.32 Å². The molecule has 2 aliphatic rings. The molecule has 6 rings (SSSR count). The molecule has 0 bridgehead atoms. The molecule has 0 aliphatic carbocycles. The second kappa shape index (κ2) is 16.5. The fourth-order valence-electron chi connectivity index (χ4n) is 3.94. The molecular formula is C27H29FN4O9S2. The van der Waals surface area contributed by atoms with Gasteiger partial charge in [0.05, 0.1) is 18.4 Å². The normalized spacial score (nSPS) is 14.6. The van der Waals surface area contributed by atoms with E-state index in [0.29, 0.717) is 35.0 Å². The van der Waals surface area contributed by atoms with Crippen LogP contribution in [0.1, 0.15) is 22.5 Å². The van der Waals surface area contributed by atoms with Crippen LogP contribution in [-0.2, 0) is 0 Å². The summed E-state index contributed by atoms with van der Waals surface area (Å²) in [7, 11) is -1.00. The number of fused-ring (bicyclic) bond motifs is 2. The molecule has 0 atom stereocenters. The third kappa shape index (κ3) is 9.42. The highest BCUT2D eigenvalue weighted by atomic mass is 32.2. The van der Waals surface area contributed by atoms with Crippen molar-refractivity contribution in [2.75, 3.05) is 56.3 Å². The second-order valence-corrected chi connectivity index (χ2v) is 11.2. The van der Waals surface area contributed by atoms with Gasteiger partial charge < -0.3 is 24.2 Å². The van der Waals surface area contributed by atoms with Gasteiger partial charge in [-0.15, -0.1) is 0 Å². The summed E-state index contributed by atoms with van der Waals surface area (Å²) in [6.07, 6.45) is 0. The Hall–Kier alpha value is -4.15. The molecule has 13 nitrogen and oxygen atoms in total. The number of nitrogens with one attached hydrogen (secondary N) is 1. The molecule has 4 heterocycles. The van der Waals surface area contributed by atoms with Crippen molar-refractivity contribution >= 4 is 68.7 Å². The molecule has 2 aromatic carbocycles. The van der Waals surface area contributed by atoms with Crippen molar-refractivity contribution in [3.05, 3.63) is 80.3 Å². The fourth-order valence-corrected chi connectivity index (χ4v) is 5.62. The van der Waals surface area contributed by atoms with Crippen LogP contribution in [0, 0.1) is 20.2 Å². The minimum absolute atomic E-state index is 0.00771. The maximum atomic E-state index is 12.3. The molecule has 230 valence electrons. The van der Waals surface area contributed by atoms with Crippen LogP contribution in [0.15, 0.2) is 57.4 Å². The molecule has 43 heavy (non-hydrogen) atoms. The molecule has 16 heteroatoms. The predicted molar refractivity (Wildman–Crippen MR) is 163 cm³/mol. The number of carboxylic acids is 1. The van der Waals surface area contributed by atoms with Crippen molar-refractivity contribution in [2.45, 2.75) is 0 Å². The van der Waals surface area contributed by atoms with Crippen molar-refractivity contribution in [3.63, 3.8) is 0 Å². The Labute approximate surface area is 254 Å². The summed E-state index contributed by atoms with van der Waals surface area (Å²) in [4.78, 5) is 44.8. The van der Waals surface area contributed by atoms with Crippen LogP contribution in [0.4, 0.5) is 15.8 Å². The number of non-ortho nitro benzene ring substituents is 2. The average molecular weight is 638 g/mol. The quantitative estimate of drug-likeness (QED) is 0.213. The summed E-state index contributed by atoms with van der Waals surface area (Å²) in [5, 5.41) is 34.1. The molecule has 0 unspecified atom stereocenters. The van der Waals surface area contributed by atoms with Crippen LogP contribution in [0.2, 0.25) is 0 Å². The van der Waals surface area contributed by atoms with Crippen LogP contribution in [0.25, 0.3) is 21.9 Å². The summed E-state index contributed by atoms with van der Waals surface area (Å²) in [6.45, 7) is 3.84. The zero-order valence-electron chi connectivity index (χ0n) is 23.7. The third-order valence-corrected chi connectivity index (χ3v) is 7.92. The van der Waals surface area contributed by atoms with Crippen LogP contribution >= 0.6 is 23.5 Å². The van der Waals surface area contributed by atoms with Crippen molar-refractivity contribution in [1.82, 2.24) is 10.2 Å². The highest BCUT2D eigenvalue weighted by molar-refractivity contribution is 7.99. The van der Waals surface area contributed by atoms with Crippen LogP contribution in [0.5, 0.6) is 0 Å². The van der Waals surface area contributed by atoms with Gasteiger partial charge in [-0.1, -0.05) is 0 Å². The number of halogens is 1. The number of thioether (sulfide) groups is 2. The van der Waals surface area contributed by atoms with E-state index in [4.69, 9.17) is 15.3 Å². The highest BCUT2D eigenvalue weighted by Crippen LogP contribution is 2.26. The summed E-state index contributed by atoms with van der Waals surface area (Å²) < 4.78 is 25.9. The van der Waals surface area contributed by atoms with E-state index >= 15 is 0 Å². The highest BCUT2D eigenvalue weighted by Gasteiger charge is 2.22. The molecule has 4 aromatic rings. The standard InChI is InChI=1S/C13H12N2O4S.C9H5NO5.C4H9NS.CH3F/c16-13(14-3-5-20-6-4-14)12-8-9-7-10(15(17)18)1-2-11(9)19-12;11-9(12)8-4-5-3-6(10(13)14)1-2-7(5)15-8;1-3-6-4-2-5-1;1-2/h1-2,7-8H,3-6H2;1-4H,(H,11,12);5H,1-4H2;1H3/i;;;1D. The molecular weight excluding hydrogens is 607 g/mol. The Morgan fingerprint density at radius 3 is 1.77 bits per heavy atom. The van der Waals surface area contributed by atoms with Gasteiger partial charge >= 0.3 is 5.97 Å². The van der Waals surface area contributed by atoms with Crippen LogP contribution in [0.3, 0.4) is 0 Å². The van der Waals surface area contributed by atoms with E-state index < -0.39 is 23.0 Å². The molecule has 2 fully saturated rings. The smallest absolute Gasteiger partial charge is 0.371 e. The molecule has 0 radical (unpaired) electrons. The number of nitro groups is 2. The lowest BCUT2D eigenvalue weighted by atomic mass is 10.2. The number of hydrogen-bond donors (Lipinski definition) is 2. The lowest BCUT2D eigenvalue weighted by Crippen LogP contribution is -2.37.